The molecule has 0 atom stereocenters. The number of nitrogen functional groups attached to an aromatic ring is 1. The van der Waals surface area contributed by atoms with Crippen molar-refractivity contribution in [1.82, 2.24) is 10.2 Å². The highest BCUT2D eigenvalue weighted by atomic mass is 32.2. The minimum Gasteiger partial charge on any atom is -0.384 e. The molecule has 0 spiro atoms. The molecule has 1 aromatic heterocycles. The molecule has 0 aliphatic carbocycles. The Bertz CT molecular complexity index is 415. The van der Waals surface area contributed by atoms with Gasteiger partial charge in [0.15, 0.2) is 0 Å². The van der Waals surface area contributed by atoms with Gasteiger partial charge in [0.05, 0.1) is 11.3 Å². The fourth-order valence-corrected chi connectivity index (χ4v) is 2.68. The first-order valence-corrected chi connectivity index (χ1v) is 6.73. The molecule has 0 radical (unpaired) electrons. The van der Waals surface area contributed by atoms with Crippen LogP contribution < -0.4 is 5.73 Å². The first-order valence-electron chi connectivity index (χ1n) is 5.74. The van der Waals surface area contributed by atoms with Gasteiger partial charge in [0, 0.05) is 0 Å². The molecule has 3 N–H and O–H groups in total. The van der Waals surface area contributed by atoms with Crippen LogP contribution >= 0.6 is 11.8 Å². The van der Waals surface area contributed by atoms with E-state index in [0.717, 1.165) is 34.0 Å². The van der Waals surface area contributed by atoms with E-state index in [-0.39, 0.29) is 5.84 Å². The van der Waals surface area contributed by atoms with Gasteiger partial charge in [-0.3, -0.25) is 5.41 Å². The Morgan fingerprint density at radius 1 is 1.35 bits per heavy atom. The number of hydrogen-bond donors (Lipinski definition) is 2. The summed E-state index contributed by atoms with van der Waals surface area (Å²) in [6.07, 6.45) is 1.12. The molecule has 1 rings (SSSR count). The Balaban J connectivity index is 2.91. The Morgan fingerprint density at radius 2 is 2.00 bits per heavy atom. The zero-order valence-corrected chi connectivity index (χ0v) is 11.7. The fourth-order valence-electron chi connectivity index (χ4n) is 1.40. The number of aromatic nitrogens is 2. The molecule has 0 unspecified atom stereocenters. The molecule has 0 saturated carbocycles. The molecule has 17 heavy (non-hydrogen) atoms. The number of nitrogens with two attached hydrogens (primary N) is 1. The predicted octanol–water partition coefficient (Wildman–Crippen LogP) is 2.52. The van der Waals surface area contributed by atoms with Crippen LogP contribution in [0.5, 0.6) is 0 Å². The standard InChI is InChI=1S/C12H20N4S/c1-7(2)5-6-17-12-10(11(13)14)8(3)9(4)15-16-12/h7H,5-6H2,1-4H3,(H3,13,14). The quantitative estimate of drug-likeness (QED) is 0.479. The molecule has 0 aliphatic rings. The summed E-state index contributed by atoms with van der Waals surface area (Å²) in [5, 5.41) is 16.7. The highest BCUT2D eigenvalue weighted by Gasteiger charge is 2.14. The van der Waals surface area contributed by atoms with Crippen LogP contribution in [0.3, 0.4) is 0 Å². The molecule has 1 heterocycles. The van der Waals surface area contributed by atoms with E-state index in [4.69, 9.17) is 11.1 Å². The second-order valence-corrected chi connectivity index (χ2v) is 5.62. The van der Waals surface area contributed by atoms with Crippen molar-refractivity contribution in [2.45, 2.75) is 39.1 Å². The van der Waals surface area contributed by atoms with Crippen LogP contribution in [0.2, 0.25) is 0 Å². The monoisotopic (exact) mass is 252 g/mol. The van der Waals surface area contributed by atoms with Gasteiger partial charge in [0.1, 0.15) is 10.9 Å². The molecular formula is C12H20N4S. The van der Waals surface area contributed by atoms with Crippen LogP contribution in [0.15, 0.2) is 5.03 Å². The van der Waals surface area contributed by atoms with E-state index in [0.29, 0.717) is 5.92 Å². The smallest absolute Gasteiger partial charge is 0.130 e. The number of amidine groups is 1. The van der Waals surface area contributed by atoms with Crippen LogP contribution in [0.1, 0.15) is 37.1 Å². The van der Waals surface area contributed by atoms with Gasteiger partial charge in [-0.25, -0.2) is 0 Å². The number of nitrogens with zero attached hydrogens (tertiary/aromatic N) is 2. The molecule has 0 saturated heterocycles. The molecule has 0 aliphatic heterocycles. The van der Waals surface area contributed by atoms with Crippen molar-refractivity contribution >= 4 is 17.6 Å². The lowest BCUT2D eigenvalue weighted by molar-refractivity contribution is 0.631. The van der Waals surface area contributed by atoms with Crippen molar-refractivity contribution in [3.63, 3.8) is 0 Å². The number of nitrogens with one attached hydrogen (secondary N) is 1. The summed E-state index contributed by atoms with van der Waals surface area (Å²) in [6.45, 7) is 8.21. The number of hydrogen-bond acceptors (Lipinski definition) is 4. The first kappa shape index (κ1) is 14.0. The van der Waals surface area contributed by atoms with Gasteiger partial charge in [0.2, 0.25) is 0 Å². The summed E-state index contributed by atoms with van der Waals surface area (Å²) in [5.74, 6) is 1.73. The summed E-state index contributed by atoms with van der Waals surface area (Å²) in [7, 11) is 0. The number of thioether (sulfide) groups is 1. The lowest BCUT2D eigenvalue weighted by atomic mass is 10.1. The summed E-state index contributed by atoms with van der Waals surface area (Å²) in [4.78, 5) is 0. The summed E-state index contributed by atoms with van der Waals surface area (Å²) < 4.78 is 0. The van der Waals surface area contributed by atoms with E-state index < -0.39 is 0 Å². The SMILES string of the molecule is Cc1nnc(SCCC(C)C)c(C(=N)N)c1C. The fraction of sp³-hybridized carbons (Fsp3) is 0.583. The van der Waals surface area contributed by atoms with Crippen LogP contribution in [0.4, 0.5) is 0 Å². The highest BCUT2D eigenvalue weighted by Crippen LogP contribution is 2.24. The summed E-state index contributed by atoms with van der Waals surface area (Å²) in [5.41, 5.74) is 8.15. The van der Waals surface area contributed by atoms with Crippen molar-refractivity contribution in [3.05, 3.63) is 16.8 Å². The lowest BCUT2D eigenvalue weighted by Crippen LogP contribution is -2.17. The zero-order valence-electron chi connectivity index (χ0n) is 10.9. The van der Waals surface area contributed by atoms with Gasteiger partial charge < -0.3 is 5.73 Å². The Labute approximate surface area is 107 Å². The van der Waals surface area contributed by atoms with Gasteiger partial charge in [-0.15, -0.1) is 16.9 Å². The minimum absolute atomic E-state index is 0.0764. The number of aryl methyl sites for hydroxylation is 1. The molecule has 94 valence electrons. The Hall–Kier alpha value is -1.10. The second kappa shape index (κ2) is 6.00. The van der Waals surface area contributed by atoms with Crippen molar-refractivity contribution in [3.8, 4) is 0 Å². The van der Waals surface area contributed by atoms with Crippen LogP contribution in [0.25, 0.3) is 0 Å². The highest BCUT2D eigenvalue weighted by molar-refractivity contribution is 7.99. The van der Waals surface area contributed by atoms with E-state index >= 15 is 0 Å². The van der Waals surface area contributed by atoms with E-state index in [1.54, 1.807) is 11.8 Å². The molecule has 1 aromatic rings. The van der Waals surface area contributed by atoms with Crippen LogP contribution in [0, 0.1) is 25.2 Å². The minimum atomic E-state index is 0.0764. The maximum Gasteiger partial charge on any atom is 0.130 e. The van der Waals surface area contributed by atoms with E-state index in [2.05, 4.69) is 24.0 Å². The average Bonchev–Trinajstić information content (AvgIpc) is 2.22. The molecule has 0 fully saturated rings. The molecule has 0 bridgehead atoms. The first-order chi connectivity index (χ1) is 7.93. The number of rotatable bonds is 5. The molecule has 4 nitrogen and oxygen atoms in total. The van der Waals surface area contributed by atoms with Gasteiger partial charge in [-0.2, -0.15) is 5.10 Å². The third-order valence-corrected chi connectivity index (χ3v) is 3.62. The Kier molecular flexibility index (Phi) is 4.93. The average molecular weight is 252 g/mol. The van der Waals surface area contributed by atoms with Crippen molar-refractivity contribution < 1.29 is 0 Å². The van der Waals surface area contributed by atoms with Crippen molar-refractivity contribution in [2.75, 3.05) is 5.75 Å². The molecular weight excluding hydrogens is 232 g/mol. The topological polar surface area (TPSA) is 75.7 Å². The van der Waals surface area contributed by atoms with Crippen molar-refractivity contribution in [2.24, 2.45) is 11.7 Å². The maximum atomic E-state index is 7.63. The summed E-state index contributed by atoms with van der Waals surface area (Å²) in [6, 6.07) is 0. The third-order valence-electron chi connectivity index (χ3n) is 2.63. The van der Waals surface area contributed by atoms with E-state index in [1.807, 2.05) is 13.8 Å². The van der Waals surface area contributed by atoms with Gasteiger partial charge in [-0.05, 0) is 37.5 Å². The molecule has 0 aromatic carbocycles. The van der Waals surface area contributed by atoms with Crippen LogP contribution in [-0.2, 0) is 0 Å². The third kappa shape index (κ3) is 3.70. The molecule has 0 amide bonds. The van der Waals surface area contributed by atoms with Gasteiger partial charge >= 0.3 is 0 Å². The van der Waals surface area contributed by atoms with E-state index in [9.17, 15) is 0 Å². The maximum absolute atomic E-state index is 7.63. The van der Waals surface area contributed by atoms with E-state index in [1.165, 1.54) is 0 Å². The predicted molar refractivity (Wildman–Crippen MR) is 72.7 cm³/mol. The van der Waals surface area contributed by atoms with Crippen molar-refractivity contribution in [1.29, 1.82) is 5.41 Å². The second-order valence-electron chi connectivity index (χ2n) is 4.54. The normalized spacial score (nSPS) is 10.9. The van der Waals surface area contributed by atoms with Gasteiger partial charge in [0.25, 0.3) is 0 Å². The largest absolute Gasteiger partial charge is 0.384 e. The zero-order chi connectivity index (χ0) is 13.0. The van der Waals surface area contributed by atoms with Gasteiger partial charge in [-0.1, -0.05) is 13.8 Å². The lowest BCUT2D eigenvalue weighted by Gasteiger charge is -2.11. The summed E-state index contributed by atoms with van der Waals surface area (Å²) >= 11 is 1.63. The molecule has 5 heteroatoms. The Morgan fingerprint density at radius 3 is 2.53 bits per heavy atom. The van der Waals surface area contributed by atoms with Crippen LogP contribution in [-0.4, -0.2) is 21.8 Å².